The van der Waals surface area contributed by atoms with E-state index in [0.29, 0.717) is 5.56 Å². The average molecular weight is 277 g/mol. The Morgan fingerprint density at radius 1 is 1.40 bits per heavy atom. The number of aryl methyl sites for hydroxylation is 1. The Morgan fingerprint density at radius 2 is 2.05 bits per heavy atom. The molecule has 0 spiro atoms. The molecule has 0 bridgehead atoms. The van der Waals surface area contributed by atoms with Crippen LogP contribution in [0.3, 0.4) is 0 Å². The average Bonchev–Trinajstić information content (AvgIpc) is 2.46. The van der Waals surface area contributed by atoms with E-state index in [1.807, 2.05) is 19.1 Å². The molecule has 1 unspecified atom stereocenters. The Bertz CT molecular complexity index is 467. The molecule has 5 heteroatoms. The second kappa shape index (κ2) is 8.12. The summed E-state index contributed by atoms with van der Waals surface area (Å²) in [7, 11) is 0. The van der Waals surface area contributed by atoms with Gasteiger partial charge in [0, 0.05) is 5.56 Å². The fraction of sp³-hybridized carbons (Fsp3) is 0.333. The van der Waals surface area contributed by atoms with Gasteiger partial charge < -0.3 is 15.2 Å². The summed E-state index contributed by atoms with van der Waals surface area (Å²) in [5, 5.41) is 11.5. The number of nitrogens with one attached hydrogen (secondary N) is 1. The molecule has 0 fully saturated rings. The standard InChI is InChI=1S/C15H19NO4/c1-3-9-20-10-13(15(18)19)16-14(17)12-7-5-11(4-2)6-8-12/h3,5-8,13H,1,4,9-10H2,2H3,(H,16,17)(H,18,19). The summed E-state index contributed by atoms with van der Waals surface area (Å²) >= 11 is 0. The Kier molecular flexibility index (Phi) is 6.46. The number of carboxylic acids is 1. The highest BCUT2D eigenvalue weighted by atomic mass is 16.5. The molecule has 0 heterocycles. The van der Waals surface area contributed by atoms with Gasteiger partial charge in [0.1, 0.15) is 0 Å². The van der Waals surface area contributed by atoms with Crippen molar-refractivity contribution in [1.29, 1.82) is 0 Å². The Hall–Kier alpha value is -2.14. The zero-order chi connectivity index (χ0) is 15.0. The number of amides is 1. The van der Waals surface area contributed by atoms with Gasteiger partial charge in [0.05, 0.1) is 13.2 Å². The van der Waals surface area contributed by atoms with E-state index >= 15 is 0 Å². The molecule has 20 heavy (non-hydrogen) atoms. The van der Waals surface area contributed by atoms with Crippen molar-refractivity contribution in [2.45, 2.75) is 19.4 Å². The molecule has 0 saturated carbocycles. The lowest BCUT2D eigenvalue weighted by molar-refractivity contribution is -0.140. The fourth-order valence-electron chi connectivity index (χ4n) is 1.58. The minimum atomic E-state index is -1.13. The van der Waals surface area contributed by atoms with Crippen LogP contribution in [-0.2, 0) is 16.0 Å². The van der Waals surface area contributed by atoms with Crippen LogP contribution < -0.4 is 5.32 Å². The molecule has 0 aromatic heterocycles. The second-order valence-electron chi connectivity index (χ2n) is 4.24. The molecular weight excluding hydrogens is 258 g/mol. The van der Waals surface area contributed by atoms with Crippen molar-refractivity contribution in [2.24, 2.45) is 0 Å². The first-order valence-corrected chi connectivity index (χ1v) is 6.39. The van der Waals surface area contributed by atoms with Gasteiger partial charge in [-0.15, -0.1) is 6.58 Å². The Balaban J connectivity index is 2.64. The summed E-state index contributed by atoms with van der Waals surface area (Å²) in [4.78, 5) is 23.0. The molecule has 1 rings (SSSR count). The molecule has 0 saturated heterocycles. The summed E-state index contributed by atoms with van der Waals surface area (Å²) in [6.45, 7) is 5.63. The van der Waals surface area contributed by atoms with Gasteiger partial charge >= 0.3 is 5.97 Å². The van der Waals surface area contributed by atoms with E-state index in [1.54, 1.807) is 12.1 Å². The lowest BCUT2D eigenvalue weighted by atomic mass is 10.1. The van der Waals surface area contributed by atoms with E-state index in [-0.39, 0.29) is 13.2 Å². The second-order valence-corrected chi connectivity index (χ2v) is 4.24. The molecule has 0 aliphatic carbocycles. The maximum Gasteiger partial charge on any atom is 0.328 e. The third-order valence-corrected chi connectivity index (χ3v) is 2.75. The van der Waals surface area contributed by atoms with E-state index in [9.17, 15) is 9.59 Å². The normalized spacial score (nSPS) is 11.7. The third kappa shape index (κ3) is 4.85. The number of ether oxygens (including phenoxy) is 1. The molecule has 0 aliphatic heterocycles. The van der Waals surface area contributed by atoms with Crippen LogP contribution in [0.5, 0.6) is 0 Å². The molecule has 1 aromatic rings. The van der Waals surface area contributed by atoms with Gasteiger partial charge in [-0.2, -0.15) is 0 Å². The van der Waals surface area contributed by atoms with Gasteiger partial charge in [-0.25, -0.2) is 4.79 Å². The van der Waals surface area contributed by atoms with Crippen LogP contribution in [0, 0.1) is 0 Å². The highest BCUT2D eigenvalue weighted by Crippen LogP contribution is 2.05. The van der Waals surface area contributed by atoms with Crippen LogP contribution in [0.1, 0.15) is 22.8 Å². The molecule has 1 amide bonds. The molecule has 0 aliphatic rings. The topological polar surface area (TPSA) is 75.6 Å². The SMILES string of the molecule is C=CCOCC(NC(=O)c1ccc(CC)cc1)C(=O)O. The molecule has 108 valence electrons. The molecular formula is C15H19NO4. The highest BCUT2D eigenvalue weighted by molar-refractivity contribution is 5.96. The fourth-order valence-corrected chi connectivity index (χ4v) is 1.58. The number of benzene rings is 1. The number of carbonyl (C=O) groups is 2. The van der Waals surface area contributed by atoms with Crippen LogP contribution in [0.2, 0.25) is 0 Å². The number of hydrogen-bond acceptors (Lipinski definition) is 3. The maximum absolute atomic E-state index is 11.9. The number of rotatable bonds is 8. The number of carbonyl (C=O) groups excluding carboxylic acids is 1. The predicted molar refractivity (Wildman–Crippen MR) is 75.7 cm³/mol. The van der Waals surface area contributed by atoms with Crippen molar-refractivity contribution >= 4 is 11.9 Å². The van der Waals surface area contributed by atoms with Crippen LogP contribution in [-0.4, -0.2) is 36.2 Å². The van der Waals surface area contributed by atoms with E-state index in [1.165, 1.54) is 6.08 Å². The zero-order valence-corrected chi connectivity index (χ0v) is 11.5. The quantitative estimate of drug-likeness (QED) is 0.559. The molecule has 2 N–H and O–H groups in total. The zero-order valence-electron chi connectivity index (χ0n) is 11.5. The smallest absolute Gasteiger partial charge is 0.328 e. The highest BCUT2D eigenvalue weighted by Gasteiger charge is 2.20. The van der Waals surface area contributed by atoms with Crippen molar-refractivity contribution in [3.05, 3.63) is 48.0 Å². The Labute approximate surface area is 118 Å². The first-order valence-electron chi connectivity index (χ1n) is 6.39. The summed E-state index contributed by atoms with van der Waals surface area (Å²) in [5.41, 5.74) is 1.54. The summed E-state index contributed by atoms with van der Waals surface area (Å²) in [6.07, 6.45) is 2.40. The van der Waals surface area contributed by atoms with Crippen LogP contribution >= 0.6 is 0 Å². The summed E-state index contributed by atoms with van der Waals surface area (Å²) in [6, 6.07) is 5.97. The van der Waals surface area contributed by atoms with Crippen LogP contribution in [0.25, 0.3) is 0 Å². The van der Waals surface area contributed by atoms with Crippen molar-refractivity contribution in [3.8, 4) is 0 Å². The molecule has 5 nitrogen and oxygen atoms in total. The minimum Gasteiger partial charge on any atom is -0.480 e. The van der Waals surface area contributed by atoms with E-state index < -0.39 is 17.9 Å². The number of hydrogen-bond donors (Lipinski definition) is 2. The first kappa shape index (κ1) is 15.9. The minimum absolute atomic E-state index is 0.0971. The Morgan fingerprint density at radius 3 is 2.55 bits per heavy atom. The molecule has 1 aromatic carbocycles. The largest absolute Gasteiger partial charge is 0.480 e. The van der Waals surface area contributed by atoms with Crippen molar-refractivity contribution in [1.82, 2.24) is 5.32 Å². The summed E-state index contributed by atoms with van der Waals surface area (Å²) < 4.78 is 5.07. The van der Waals surface area contributed by atoms with Gasteiger partial charge in [0.15, 0.2) is 6.04 Å². The van der Waals surface area contributed by atoms with Crippen molar-refractivity contribution in [3.63, 3.8) is 0 Å². The van der Waals surface area contributed by atoms with Gasteiger partial charge in [0.25, 0.3) is 5.91 Å². The number of aliphatic carboxylic acids is 1. The molecule has 1 atom stereocenters. The monoisotopic (exact) mass is 277 g/mol. The predicted octanol–water partition coefficient (Wildman–Crippen LogP) is 1.63. The van der Waals surface area contributed by atoms with Gasteiger partial charge in [-0.3, -0.25) is 4.79 Å². The molecule has 0 radical (unpaired) electrons. The van der Waals surface area contributed by atoms with Gasteiger partial charge in [-0.1, -0.05) is 25.1 Å². The van der Waals surface area contributed by atoms with E-state index in [4.69, 9.17) is 9.84 Å². The van der Waals surface area contributed by atoms with Crippen LogP contribution in [0.4, 0.5) is 0 Å². The van der Waals surface area contributed by atoms with E-state index in [2.05, 4.69) is 11.9 Å². The maximum atomic E-state index is 11.9. The lowest BCUT2D eigenvalue weighted by Gasteiger charge is -2.14. The lowest BCUT2D eigenvalue weighted by Crippen LogP contribution is -2.44. The first-order chi connectivity index (χ1) is 9.58. The number of carboxylic acid groups (broad SMARTS) is 1. The van der Waals surface area contributed by atoms with Gasteiger partial charge in [0.2, 0.25) is 0 Å². The van der Waals surface area contributed by atoms with Crippen LogP contribution in [0.15, 0.2) is 36.9 Å². The van der Waals surface area contributed by atoms with E-state index in [0.717, 1.165) is 12.0 Å². The van der Waals surface area contributed by atoms with Crippen molar-refractivity contribution in [2.75, 3.05) is 13.2 Å². The van der Waals surface area contributed by atoms with Crippen molar-refractivity contribution < 1.29 is 19.4 Å². The van der Waals surface area contributed by atoms with Gasteiger partial charge in [-0.05, 0) is 24.1 Å². The third-order valence-electron chi connectivity index (χ3n) is 2.75. The summed E-state index contributed by atoms with van der Waals surface area (Å²) in [5.74, 6) is -1.56.